The summed E-state index contributed by atoms with van der Waals surface area (Å²) in [5.74, 6) is 3.40. The fraction of sp³-hybridized carbons (Fsp3) is 0.645. The van der Waals surface area contributed by atoms with Crippen LogP contribution in [0.1, 0.15) is 114 Å². The van der Waals surface area contributed by atoms with Crippen LogP contribution >= 0.6 is 0 Å². The molecular weight excluding hydrogens is 521 g/mol. The summed E-state index contributed by atoms with van der Waals surface area (Å²) in [4.78, 5) is 33.1. The van der Waals surface area contributed by atoms with Gasteiger partial charge in [0.25, 0.3) is 0 Å². The zero-order valence-electron chi connectivity index (χ0n) is 26.8. The van der Waals surface area contributed by atoms with E-state index in [2.05, 4.69) is 12.0 Å². The Balaban J connectivity index is 0.00000226. The lowest BCUT2D eigenvalue weighted by atomic mass is 9.79. The van der Waals surface area contributed by atoms with E-state index < -0.39 is 47.8 Å². The minimum atomic E-state index is -0.748. The lowest BCUT2D eigenvalue weighted by molar-refractivity contribution is 0.00578. The number of carbonyl (C=O) groups excluding carboxylic acids is 2. The molecule has 0 unspecified atom stereocenters. The highest BCUT2D eigenvalue weighted by molar-refractivity contribution is 6.62. The second kappa shape index (κ2) is 11.7. The summed E-state index contributed by atoms with van der Waals surface area (Å²) in [6.07, 6.45) is 0.715. The van der Waals surface area contributed by atoms with Gasteiger partial charge in [0, 0.05) is 12.5 Å². The second-order valence-electron chi connectivity index (χ2n) is 13.2. The number of amides is 1. The van der Waals surface area contributed by atoms with Crippen molar-refractivity contribution in [3.8, 4) is 12.0 Å². The van der Waals surface area contributed by atoms with Crippen molar-refractivity contribution in [2.75, 3.05) is 0 Å². The van der Waals surface area contributed by atoms with E-state index in [0.717, 1.165) is 11.9 Å². The first kappa shape index (κ1) is 32.5. The molecule has 2 aliphatic heterocycles. The van der Waals surface area contributed by atoms with E-state index in [1.165, 1.54) is 9.47 Å². The molecule has 0 bridgehead atoms. The summed E-state index contributed by atoms with van der Waals surface area (Å²) in [6, 6.07) is 7.90. The van der Waals surface area contributed by atoms with Crippen LogP contribution < -0.4 is 5.46 Å². The van der Waals surface area contributed by atoms with Crippen LogP contribution in [0.3, 0.4) is 0 Å². The van der Waals surface area contributed by atoms with Crippen molar-refractivity contribution >= 4 is 35.8 Å². The molecule has 3 heterocycles. The first-order valence-electron chi connectivity index (χ1n) is 14.5. The van der Waals surface area contributed by atoms with Gasteiger partial charge in [-0.2, -0.15) is 0 Å². The predicted molar refractivity (Wildman–Crippen MR) is 161 cm³/mol. The first-order chi connectivity index (χ1) is 18.9. The van der Waals surface area contributed by atoms with Gasteiger partial charge in [-0.25, -0.2) is 24.0 Å². The normalized spacial score (nSPS) is 20.0. The number of aromatic nitrogens is 2. The van der Waals surface area contributed by atoms with Gasteiger partial charge in [0.1, 0.15) is 23.1 Å². The molecule has 0 N–H and O–H groups in total. The van der Waals surface area contributed by atoms with Crippen molar-refractivity contribution in [1.82, 2.24) is 14.5 Å². The first-order valence-corrected chi connectivity index (χ1v) is 14.5. The molecule has 10 heteroatoms. The molecule has 9 nitrogen and oxygen atoms in total. The number of carbonyl (C=O) groups is 2. The quantitative estimate of drug-likeness (QED) is 0.300. The number of ether oxygens (including phenoxy) is 2. The third-order valence-electron chi connectivity index (χ3n) is 6.98. The summed E-state index contributed by atoms with van der Waals surface area (Å²) < 4.78 is 25.4. The molecule has 1 amide bonds. The molecule has 2 aliphatic rings. The predicted octanol–water partition coefficient (Wildman–Crippen LogP) is 6.57. The zero-order chi connectivity index (χ0) is 31.0. The zero-order valence-corrected chi connectivity index (χ0v) is 26.8. The fourth-order valence-electron chi connectivity index (χ4n) is 4.42. The van der Waals surface area contributed by atoms with Gasteiger partial charge in [0.2, 0.25) is 0 Å². The van der Waals surface area contributed by atoms with Crippen LogP contribution in [-0.2, 0) is 18.8 Å². The SMILES string of the molecule is CC.CC(C)(C)OC(=O)N1C#CCCC[C@H]1c1nc2ccc(B3OC(C)(C)C(C)(C)O3)cc2n1C(=O)OC(C)(C)C. The maximum absolute atomic E-state index is 13.7. The van der Waals surface area contributed by atoms with Crippen molar-refractivity contribution in [3.63, 3.8) is 0 Å². The van der Waals surface area contributed by atoms with Gasteiger partial charge in [-0.3, -0.25) is 0 Å². The molecule has 41 heavy (non-hydrogen) atoms. The Kier molecular flexibility index (Phi) is 9.26. The molecule has 1 atom stereocenters. The van der Waals surface area contributed by atoms with Crippen molar-refractivity contribution < 1.29 is 28.4 Å². The molecule has 0 saturated carbocycles. The Morgan fingerprint density at radius 1 is 0.976 bits per heavy atom. The third kappa shape index (κ3) is 7.25. The average molecular weight is 568 g/mol. The van der Waals surface area contributed by atoms with Gasteiger partial charge in [0.05, 0.1) is 22.2 Å². The number of benzene rings is 1. The molecule has 1 aromatic carbocycles. The van der Waals surface area contributed by atoms with Gasteiger partial charge >= 0.3 is 19.3 Å². The number of nitrogens with zero attached hydrogens (tertiary/aromatic N) is 3. The van der Waals surface area contributed by atoms with Crippen LogP contribution in [0.15, 0.2) is 18.2 Å². The van der Waals surface area contributed by atoms with Crippen LogP contribution in [-0.4, -0.2) is 56.2 Å². The molecule has 4 rings (SSSR count). The van der Waals surface area contributed by atoms with Gasteiger partial charge in [-0.1, -0.05) is 25.8 Å². The molecule has 0 aliphatic carbocycles. The molecule has 0 radical (unpaired) electrons. The minimum absolute atomic E-state index is 0.368. The second-order valence-corrected chi connectivity index (χ2v) is 13.2. The van der Waals surface area contributed by atoms with E-state index >= 15 is 0 Å². The monoisotopic (exact) mass is 567 g/mol. The highest BCUT2D eigenvalue weighted by Gasteiger charge is 2.52. The minimum Gasteiger partial charge on any atom is -0.443 e. The van der Waals surface area contributed by atoms with E-state index in [4.69, 9.17) is 23.8 Å². The number of fused-ring (bicyclic) bond motifs is 1. The van der Waals surface area contributed by atoms with E-state index in [0.29, 0.717) is 29.7 Å². The summed E-state index contributed by atoms with van der Waals surface area (Å²) in [5, 5.41) is 0. The molecule has 224 valence electrons. The summed E-state index contributed by atoms with van der Waals surface area (Å²) in [7, 11) is -0.619. The fourth-order valence-corrected chi connectivity index (χ4v) is 4.42. The number of hydrogen-bond acceptors (Lipinski definition) is 7. The van der Waals surface area contributed by atoms with E-state index in [1.807, 2.05) is 80.5 Å². The van der Waals surface area contributed by atoms with E-state index in [1.54, 1.807) is 20.8 Å². The van der Waals surface area contributed by atoms with Gasteiger partial charge < -0.3 is 18.8 Å². The highest BCUT2D eigenvalue weighted by Crippen LogP contribution is 2.37. The lowest BCUT2D eigenvalue weighted by Crippen LogP contribution is -2.41. The van der Waals surface area contributed by atoms with E-state index in [9.17, 15) is 9.59 Å². The van der Waals surface area contributed by atoms with Crippen LogP contribution in [0, 0.1) is 12.0 Å². The Hall–Kier alpha value is -3.03. The van der Waals surface area contributed by atoms with Gasteiger partial charge in [0.15, 0.2) is 0 Å². The average Bonchev–Trinajstić information content (AvgIpc) is 3.17. The van der Waals surface area contributed by atoms with Crippen molar-refractivity contribution in [3.05, 3.63) is 24.0 Å². The summed E-state index contributed by atoms with van der Waals surface area (Å²) in [5.41, 5.74) is -0.625. The number of imidazole rings is 1. The Morgan fingerprint density at radius 3 is 2.10 bits per heavy atom. The van der Waals surface area contributed by atoms with Crippen LogP contribution in [0.4, 0.5) is 9.59 Å². The topological polar surface area (TPSA) is 92.1 Å². The maximum atomic E-state index is 13.7. The maximum Gasteiger partial charge on any atom is 0.494 e. The van der Waals surface area contributed by atoms with Crippen molar-refractivity contribution in [2.45, 2.75) is 131 Å². The number of hydrogen-bond donors (Lipinski definition) is 0. The Bertz CT molecular complexity index is 1320. The Morgan fingerprint density at radius 2 is 1.54 bits per heavy atom. The van der Waals surface area contributed by atoms with Crippen molar-refractivity contribution in [2.24, 2.45) is 0 Å². The highest BCUT2D eigenvalue weighted by atomic mass is 16.7. The largest absolute Gasteiger partial charge is 0.494 e. The molecule has 1 saturated heterocycles. The Labute approximate surface area is 245 Å². The molecule has 1 aromatic heterocycles. The third-order valence-corrected chi connectivity index (χ3v) is 6.98. The van der Waals surface area contributed by atoms with Crippen LogP contribution in [0.2, 0.25) is 0 Å². The van der Waals surface area contributed by atoms with Gasteiger partial charge in [-0.15, -0.1) is 0 Å². The van der Waals surface area contributed by atoms with E-state index in [-0.39, 0.29) is 0 Å². The van der Waals surface area contributed by atoms with Crippen LogP contribution in [0.25, 0.3) is 11.0 Å². The van der Waals surface area contributed by atoms with Crippen molar-refractivity contribution in [1.29, 1.82) is 0 Å². The summed E-state index contributed by atoms with van der Waals surface area (Å²) >= 11 is 0. The molecule has 1 fully saturated rings. The van der Waals surface area contributed by atoms with Gasteiger partial charge in [-0.05, 0) is 99.7 Å². The van der Waals surface area contributed by atoms with Crippen LogP contribution in [0.5, 0.6) is 0 Å². The molecule has 0 spiro atoms. The standard InChI is InChI=1S/C29H40BN3O6.C2H6/c1-26(2,3)36-24(34)32-17-13-11-12-14-21(32)23-31-20-16-15-19(30-38-28(7,8)29(9,10)39-30)18-22(20)33(23)25(35)37-27(4,5)6;1-2/h15-16,18,21H,11-12,14H2,1-10H3;1-2H3/t21-;/m0./s1. The molecular formula is C31H46BN3O6. The smallest absolute Gasteiger partial charge is 0.443 e. The number of rotatable bonds is 2. The summed E-state index contributed by atoms with van der Waals surface area (Å²) in [6.45, 7) is 22.8. The molecule has 2 aromatic rings. The lowest BCUT2D eigenvalue weighted by Gasteiger charge is -2.32.